The lowest BCUT2D eigenvalue weighted by Crippen LogP contribution is -2.32. The molecular formula is C9H12ClO2-. The SMILES string of the molecule is C=C(C(=O)[O-])C1CCCCC1Cl. The second-order valence-electron chi connectivity index (χ2n) is 3.22. The van der Waals surface area contributed by atoms with Crippen molar-refractivity contribution in [1.29, 1.82) is 0 Å². The van der Waals surface area contributed by atoms with Gasteiger partial charge in [0.2, 0.25) is 0 Å². The van der Waals surface area contributed by atoms with E-state index in [1.54, 1.807) is 0 Å². The van der Waals surface area contributed by atoms with Gasteiger partial charge in [-0.25, -0.2) is 0 Å². The fraction of sp³-hybridized carbons (Fsp3) is 0.667. The van der Waals surface area contributed by atoms with Crippen LogP contribution in [-0.2, 0) is 4.79 Å². The Kier molecular flexibility index (Phi) is 3.15. The standard InChI is InChI=1S/C9H13ClO2/c1-6(9(11)12)7-4-2-3-5-8(7)10/h7-8H,1-5H2,(H,11,12)/p-1. The lowest BCUT2D eigenvalue weighted by molar-refractivity contribution is -0.300. The fourth-order valence-electron chi connectivity index (χ4n) is 1.63. The third-order valence-electron chi connectivity index (χ3n) is 2.39. The van der Waals surface area contributed by atoms with Crippen LogP contribution in [0, 0.1) is 5.92 Å². The van der Waals surface area contributed by atoms with Gasteiger partial charge in [-0.15, -0.1) is 11.6 Å². The van der Waals surface area contributed by atoms with Crippen LogP contribution in [0.5, 0.6) is 0 Å². The van der Waals surface area contributed by atoms with E-state index in [1.165, 1.54) is 0 Å². The first-order valence-electron chi connectivity index (χ1n) is 4.17. The van der Waals surface area contributed by atoms with E-state index in [4.69, 9.17) is 11.6 Å². The molecule has 0 radical (unpaired) electrons. The maximum absolute atomic E-state index is 10.5. The van der Waals surface area contributed by atoms with Crippen LogP contribution in [0.4, 0.5) is 0 Å². The molecule has 68 valence electrons. The Morgan fingerprint density at radius 1 is 1.42 bits per heavy atom. The summed E-state index contributed by atoms with van der Waals surface area (Å²) in [5.74, 6) is -1.24. The molecule has 12 heavy (non-hydrogen) atoms. The summed E-state index contributed by atoms with van der Waals surface area (Å²) in [4.78, 5) is 10.5. The molecule has 0 aromatic carbocycles. The number of aliphatic carboxylic acids is 1. The molecular weight excluding hydrogens is 176 g/mol. The van der Waals surface area contributed by atoms with Crippen molar-refractivity contribution in [3.05, 3.63) is 12.2 Å². The first kappa shape index (κ1) is 9.59. The summed E-state index contributed by atoms with van der Waals surface area (Å²) in [6.07, 6.45) is 3.85. The van der Waals surface area contributed by atoms with E-state index < -0.39 is 5.97 Å². The number of carboxylic acids is 1. The number of carboxylic acid groups (broad SMARTS) is 1. The zero-order valence-electron chi connectivity index (χ0n) is 6.88. The Balaban J connectivity index is 2.59. The van der Waals surface area contributed by atoms with Crippen LogP contribution in [-0.4, -0.2) is 11.3 Å². The van der Waals surface area contributed by atoms with E-state index in [-0.39, 0.29) is 16.9 Å². The Morgan fingerprint density at radius 3 is 2.50 bits per heavy atom. The van der Waals surface area contributed by atoms with Gasteiger partial charge in [-0.2, -0.15) is 0 Å². The molecule has 1 saturated carbocycles. The van der Waals surface area contributed by atoms with E-state index in [0.29, 0.717) is 0 Å². The lowest BCUT2D eigenvalue weighted by atomic mass is 9.84. The highest BCUT2D eigenvalue weighted by Crippen LogP contribution is 2.32. The largest absolute Gasteiger partial charge is 0.545 e. The molecule has 1 fully saturated rings. The molecule has 2 nitrogen and oxygen atoms in total. The van der Waals surface area contributed by atoms with Crippen LogP contribution < -0.4 is 5.11 Å². The zero-order valence-corrected chi connectivity index (χ0v) is 7.64. The van der Waals surface area contributed by atoms with Crippen molar-refractivity contribution in [2.24, 2.45) is 5.92 Å². The van der Waals surface area contributed by atoms with Crippen LogP contribution >= 0.6 is 11.6 Å². The maximum atomic E-state index is 10.5. The van der Waals surface area contributed by atoms with Gasteiger partial charge >= 0.3 is 0 Å². The summed E-state index contributed by atoms with van der Waals surface area (Å²) in [6, 6.07) is 0. The molecule has 0 bridgehead atoms. The molecule has 0 N–H and O–H groups in total. The lowest BCUT2D eigenvalue weighted by Gasteiger charge is -2.28. The van der Waals surface area contributed by atoms with Gasteiger partial charge in [-0.3, -0.25) is 0 Å². The molecule has 0 aromatic rings. The summed E-state index contributed by atoms with van der Waals surface area (Å²) >= 11 is 5.97. The molecule has 1 rings (SSSR count). The monoisotopic (exact) mass is 187 g/mol. The van der Waals surface area contributed by atoms with Crippen molar-refractivity contribution in [1.82, 2.24) is 0 Å². The van der Waals surface area contributed by atoms with Crippen LogP contribution in [0.3, 0.4) is 0 Å². The maximum Gasteiger partial charge on any atom is 0.0672 e. The molecule has 0 aromatic heterocycles. The van der Waals surface area contributed by atoms with Crippen molar-refractivity contribution in [3.63, 3.8) is 0 Å². The summed E-state index contributed by atoms with van der Waals surface area (Å²) in [5, 5.41) is 10.4. The molecule has 0 saturated heterocycles. The number of hydrogen-bond donors (Lipinski definition) is 0. The summed E-state index contributed by atoms with van der Waals surface area (Å²) in [5.41, 5.74) is 0.162. The Labute approximate surface area is 77.2 Å². The third-order valence-corrected chi connectivity index (χ3v) is 2.91. The number of carbonyl (C=O) groups excluding carboxylic acids is 1. The van der Waals surface area contributed by atoms with Crippen molar-refractivity contribution >= 4 is 17.6 Å². The average Bonchev–Trinajstić information content (AvgIpc) is 2.04. The van der Waals surface area contributed by atoms with Crippen molar-refractivity contribution < 1.29 is 9.90 Å². The molecule has 2 atom stereocenters. The molecule has 2 unspecified atom stereocenters. The number of carbonyl (C=O) groups is 1. The first-order chi connectivity index (χ1) is 5.63. The molecule has 0 heterocycles. The van der Waals surface area contributed by atoms with E-state index in [2.05, 4.69) is 6.58 Å². The van der Waals surface area contributed by atoms with E-state index in [9.17, 15) is 9.90 Å². The minimum Gasteiger partial charge on any atom is -0.545 e. The Morgan fingerprint density at radius 2 is 2.00 bits per heavy atom. The molecule has 0 spiro atoms. The van der Waals surface area contributed by atoms with Gasteiger partial charge in [-0.1, -0.05) is 19.4 Å². The molecule has 1 aliphatic carbocycles. The second kappa shape index (κ2) is 3.94. The van der Waals surface area contributed by atoms with Crippen LogP contribution in [0.15, 0.2) is 12.2 Å². The summed E-state index contributed by atoms with van der Waals surface area (Å²) < 4.78 is 0. The number of halogens is 1. The van der Waals surface area contributed by atoms with Crippen molar-refractivity contribution in [2.75, 3.05) is 0 Å². The number of hydrogen-bond acceptors (Lipinski definition) is 2. The molecule has 0 amide bonds. The van der Waals surface area contributed by atoms with Crippen molar-refractivity contribution in [2.45, 2.75) is 31.1 Å². The highest BCUT2D eigenvalue weighted by atomic mass is 35.5. The number of alkyl halides is 1. The minimum absolute atomic E-state index is 0.0656. The Bertz CT molecular complexity index is 201. The highest BCUT2D eigenvalue weighted by molar-refractivity contribution is 6.21. The quantitative estimate of drug-likeness (QED) is 0.480. The molecule has 3 heteroatoms. The first-order valence-corrected chi connectivity index (χ1v) is 4.60. The third kappa shape index (κ3) is 2.01. The van der Waals surface area contributed by atoms with Crippen molar-refractivity contribution in [3.8, 4) is 0 Å². The van der Waals surface area contributed by atoms with E-state index in [1.807, 2.05) is 0 Å². The van der Waals surface area contributed by atoms with Gasteiger partial charge in [0.05, 0.1) is 5.97 Å². The topological polar surface area (TPSA) is 40.1 Å². The predicted molar refractivity (Wildman–Crippen MR) is 45.7 cm³/mol. The van der Waals surface area contributed by atoms with E-state index in [0.717, 1.165) is 25.7 Å². The van der Waals surface area contributed by atoms with Gasteiger partial charge in [0.25, 0.3) is 0 Å². The molecule has 0 aliphatic heterocycles. The van der Waals surface area contributed by atoms with Crippen LogP contribution in [0.1, 0.15) is 25.7 Å². The van der Waals surface area contributed by atoms with E-state index >= 15 is 0 Å². The zero-order chi connectivity index (χ0) is 9.14. The summed E-state index contributed by atoms with van der Waals surface area (Å²) in [6.45, 7) is 3.48. The predicted octanol–water partition coefficient (Wildman–Crippen LogP) is 1.09. The normalized spacial score (nSPS) is 29.8. The summed E-state index contributed by atoms with van der Waals surface area (Å²) in [7, 11) is 0. The van der Waals surface area contributed by atoms with Crippen LogP contribution in [0.2, 0.25) is 0 Å². The van der Waals surface area contributed by atoms with Gasteiger partial charge in [0.1, 0.15) is 0 Å². The van der Waals surface area contributed by atoms with Gasteiger partial charge in [0.15, 0.2) is 0 Å². The highest BCUT2D eigenvalue weighted by Gasteiger charge is 2.25. The van der Waals surface area contributed by atoms with Gasteiger partial charge < -0.3 is 9.90 Å². The van der Waals surface area contributed by atoms with Crippen LogP contribution in [0.25, 0.3) is 0 Å². The smallest absolute Gasteiger partial charge is 0.0672 e. The second-order valence-corrected chi connectivity index (χ2v) is 3.78. The number of rotatable bonds is 2. The Hall–Kier alpha value is -0.500. The minimum atomic E-state index is -1.16. The average molecular weight is 188 g/mol. The molecule has 1 aliphatic rings. The van der Waals surface area contributed by atoms with Gasteiger partial charge in [0, 0.05) is 11.3 Å². The van der Waals surface area contributed by atoms with Gasteiger partial charge in [-0.05, 0) is 18.4 Å². The fourth-order valence-corrected chi connectivity index (χ4v) is 2.06.